The molecule has 22 heavy (non-hydrogen) atoms. The number of rotatable bonds is 3. The summed E-state index contributed by atoms with van der Waals surface area (Å²) in [7, 11) is 0.541. The van der Waals surface area contributed by atoms with E-state index in [9.17, 15) is 4.79 Å². The molecule has 1 atom stereocenters. The molecular formula is C15H23N3O2SSi. The van der Waals surface area contributed by atoms with E-state index in [1.165, 1.54) is 29.8 Å². The van der Waals surface area contributed by atoms with E-state index in [0.717, 1.165) is 23.2 Å². The van der Waals surface area contributed by atoms with Crippen molar-refractivity contribution in [1.29, 1.82) is 0 Å². The van der Waals surface area contributed by atoms with Crippen LogP contribution in [0.3, 0.4) is 0 Å². The summed E-state index contributed by atoms with van der Waals surface area (Å²) in [5, 5.41) is 0.637. The molecule has 120 valence electrons. The zero-order chi connectivity index (χ0) is 15.9. The Morgan fingerprint density at radius 1 is 1.45 bits per heavy atom. The highest BCUT2D eigenvalue weighted by atomic mass is 32.1. The molecule has 7 heteroatoms. The van der Waals surface area contributed by atoms with Crippen molar-refractivity contribution >= 4 is 35.7 Å². The number of thiazole rings is 1. The van der Waals surface area contributed by atoms with Gasteiger partial charge in [-0.3, -0.25) is 4.79 Å². The van der Waals surface area contributed by atoms with Crippen molar-refractivity contribution < 1.29 is 9.53 Å². The predicted molar refractivity (Wildman–Crippen MR) is 92.7 cm³/mol. The first-order valence-electron chi connectivity index (χ1n) is 7.77. The second kappa shape index (κ2) is 5.70. The number of primary amides is 1. The Morgan fingerprint density at radius 3 is 2.91 bits per heavy atom. The molecule has 0 spiro atoms. The maximum atomic E-state index is 11.9. The van der Waals surface area contributed by atoms with Gasteiger partial charge in [-0.1, -0.05) is 42.9 Å². The van der Waals surface area contributed by atoms with Crippen LogP contribution in [-0.4, -0.2) is 30.6 Å². The van der Waals surface area contributed by atoms with Gasteiger partial charge in [0.05, 0.1) is 11.8 Å². The predicted octanol–water partition coefficient (Wildman–Crippen LogP) is 3.64. The van der Waals surface area contributed by atoms with E-state index in [-0.39, 0.29) is 5.91 Å². The molecule has 0 aliphatic carbocycles. The minimum absolute atomic E-state index is 0.320. The number of nitrogens with two attached hydrogens (primary N) is 1. The number of hydrogen-bond donors (Lipinski definition) is 1. The molecule has 2 aromatic heterocycles. The third-order valence-corrected chi connectivity index (χ3v) is 9.01. The van der Waals surface area contributed by atoms with E-state index >= 15 is 0 Å². The molecule has 0 radical (unpaired) electrons. The summed E-state index contributed by atoms with van der Waals surface area (Å²) in [6.07, 6.45) is 3.44. The lowest BCUT2D eigenvalue weighted by atomic mass is 10.1. The van der Waals surface area contributed by atoms with Gasteiger partial charge in [0.2, 0.25) is 0 Å². The number of amides is 1. The van der Waals surface area contributed by atoms with Crippen molar-refractivity contribution in [2.45, 2.75) is 50.5 Å². The highest BCUT2D eigenvalue weighted by Gasteiger charge is 2.30. The van der Waals surface area contributed by atoms with Crippen LogP contribution < -0.4 is 10.5 Å². The maximum Gasteiger partial charge on any atom is 0.275 e. The van der Waals surface area contributed by atoms with E-state index in [4.69, 9.17) is 10.5 Å². The lowest BCUT2D eigenvalue weighted by Crippen LogP contribution is -2.24. The van der Waals surface area contributed by atoms with Crippen molar-refractivity contribution in [3.05, 3.63) is 11.8 Å². The summed E-state index contributed by atoms with van der Waals surface area (Å²) in [6.45, 7) is 4.92. The standard InChI is InChI=1S/C15H23N3O2SSi/c1-20-15-17-14-12(21-15)9-11(13(16)19)18(14)10-5-4-7-22(2,3)8-6-10/h9-10H,4-8H2,1-3H3,(H2,16,19). The topological polar surface area (TPSA) is 70.1 Å². The lowest BCUT2D eigenvalue weighted by molar-refractivity contribution is 0.0989. The summed E-state index contributed by atoms with van der Waals surface area (Å²) in [6, 6.07) is 4.84. The zero-order valence-corrected chi connectivity index (χ0v) is 15.2. The van der Waals surface area contributed by atoms with Crippen LogP contribution in [0.4, 0.5) is 0 Å². The van der Waals surface area contributed by atoms with Crippen molar-refractivity contribution in [2.75, 3.05) is 7.11 Å². The molecule has 2 aromatic rings. The number of carbonyl (C=O) groups excluding carboxylic acids is 1. The van der Waals surface area contributed by atoms with Crippen LogP contribution in [0.1, 0.15) is 35.8 Å². The fourth-order valence-electron chi connectivity index (χ4n) is 3.43. The van der Waals surface area contributed by atoms with Crippen LogP contribution in [0.2, 0.25) is 25.2 Å². The number of methoxy groups -OCH3 is 1. The van der Waals surface area contributed by atoms with Gasteiger partial charge in [-0.2, -0.15) is 4.98 Å². The fraction of sp³-hybridized carbons (Fsp3) is 0.600. The summed E-state index contributed by atoms with van der Waals surface area (Å²) in [4.78, 5) is 16.4. The quantitative estimate of drug-likeness (QED) is 0.869. The van der Waals surface area contributed by atoms with Crippen molar-refractivity contribution in [3.8, 4) is 5.19 Å². The van der Waals surface area contributed by atoms with Gasteiger partial charge in [-0.15, -0.1) is 0 Å². The maximum absolute atomic E-state index is 11.9. The Labute approximate surface area is 135 Å². The second-order valence-corrected chi connectivity index (χ2v) is 13.2. The molecular weight excluding hydrogens is 314 g/mol. The Kier molecular flexibility index (Phi) is 4.03. The number of hydrogen-bond acceptors (Lipinski definition) is 4. The minimum atomic E-state index is -1.08. The first-order valence-corrected chi connectivity index (χ1v) is 12.0. The second-order valence-electron chi connectivity index (χ2n) is 6.88. The molecule has 1 amide bonds. The SMILES string of the molecule is COc1nc2c(cc(C(N)=O)n2C2CCC[Si](C)(C)CC2)s1. The zero-order valence-electron chi connectivity index (χ0n) is 13.4. The van der Waals surface area contributed by atoms with Gasteiger partial charge in [-0.25, -0.2) is 0 Å². The van der Waals surface area contributed by atoms with Gasteiger partial charge in [0, 0.05) is 14.1 Å². The Hall–Kier alpha value is -1.34. The van der Waals surface area contributed by atoms with E-state index < -0.39 is 8.07 Å². The van der Waals surface area contributed by atoms with E-state index in [0.29, 0.717) is 16.9 Å². The average molecular weight is 338 g/mol. The molecule has 0 bridgehead atoms. The number of ether oxygens (including phenoxy) is 1. The average Bonchev–Trinajstić information content (AvgIpc) is 2.94. The molecule has 0 saturated carbocycles. The minimum Gasteiger partial charge on any atom is -0.473 e. The van der Waals surface area contributed by atoms with Gasteiger partial charge in [-0.05, 0) is 18.9 Å². The van der Waals surface area contributed by atoms with Crippen molar-refractivity contribution in [1.82, 2.24) is 9.55 Å². The highest BCUT2D eigenvalue weighted by Crippen LogP contribution is 2.38. The van der Waals surface area contributed by atoms with E-state index in [1.54, 1.807) is 7.11 Å². The third kappa shape index (κ3) is 2.79. The fourth-order valence-corrected chi connectivity index (χ4v) is 6.76. The van der Waals surface area contributed by atoms with E-state index in [2.05, 4.69) is 22.6 Å². The normalized spacial score (nSPS) is 21.7. The van der Waals surface area contributed by atoms with Crippen LogP contribution >= 0.6 is 11.3 Å². The first-order chi connectivity index (χ1) is 10.4. The Morgan fingerprint density at radius 2 is 2.23 bits per heavy atom. The Balaban J connectivity index is 2.05. The number of carbonyl (C=O) groups is 1. The summed E-state index contributed by atoms with van der Waals surface area (Å²) >= 11 is 1.47. The monoisotopic (exact) mass is 337 g/mol. The van der Waals surface area contributed by atoms with Crippen LogP contribution in [0.5, 0.6) is 5.19 Å². The van der Waals surface area contributed by atoms with Crippen molar-refractivity contribution in [2.24, 2.45) is 5.73 Å². The highest BCUT2D eigenvalue weighted by molar-refractivity contribution is 7.20. The van der Waals surface area contributed by atoms with Crippen LogP contribution in [0.25, 0.3) is 10.3 Å². The van der Waals surface area contributed by atoms with E-state index in [1.807, 2.05) is 6.07 Å². The largest absolute Gasteiger partial charge is 0.473 e. The van der Waals surface area contributed by atoms with Crippen LogP contribution in [-0.2, 0) is 0 Å². The summed E-state index contributed by atoms with van der Waals surface area (Å²) in [5.41, 5.74) is 7.04. The Bertz CT molecular complexity index is 707. The van der Waals surface area contributed by atoms with Gasteiger partial charge in [0.25, 0.3) is 11.1 Å². The summed E-state index contributed by atoms with van der Waals surface area (Å²) in [5.74, 6) is -0.370. The molecule has 3 rings (SSSR count). The number of aromatic nitrogens is 2. The van der Waals surface area contributed by atoms with Crippen LogP contribution in [0.15, 0.2) is 6.07 Å². The molecule has 3 heterocycles. The molecule has 0 aromatic carbocycles. The van der Waals surface area contributed by atoms with Gasteiger partial charge in [0.1, 0.15) is 5.69 Å². The first kappa shape index (κ1) is 15.5. The molecule has 1 fully saturated rings. The molecule has 1 aliphatic rings. The molecule has 1 saturated heterocycles. The lowest BCUT2D eigenvalue weighted by Gasteiger charge is -2.21. The number of nitrogens with zero attached hydrogens (tertiary/aromatic N) is 2. The molecule has 1 unspecified atom stereocenters. The van der Waals surface area contributed by atoms with Crippen LogP contribution in [0, 0.1) is 0 Å². The molecule has 2 N–H and O–H groups in total. The molecule has 5 nitrogen and oxygen atoms in total. The summed E-state index contributed by atoms with van der Waals surface area (Å²) < 4.78 is 8.30. The smallest absolute Gasteiger partial charge is 0.275 e. The van der Waals surface area contributed by atoms with Gasteiger partial charge >= 0.3 is 0 Å². The third-order valence-electron chi connectivity index (χ3n) is 4.71. The van der Waals surface area contributed by atoms with Crippen molar-refractivity contribution in [3.63, 3.8) is 0 Å². The van der Waals surface area contributed by atoms with Gasteiger partial charge < -0.3 is 15.0 Å². The number of fused-ring (bicyclic) bond motifs is 1. The van der Waals surface area contributed by atoms with Gasteiger partial charge in [0.15, 0.2) is 5.65 Å². The molecule has 1 aliphatic heterocycles.